The molecule has 40 heavy (non-hydrogen) atoms. The maximum Gasteiger partial charge on any atom is 0.318 e. The Bertz CT molecular complexity index is 1570. The fourth-order valence-corrected chi connectivity index (χ4v) is 6.48. The van der Waals surface area contributed by atoms with E-state index in [9.17, 15) is 8.78 Å². The van der Waals surface area contributed by atoms with Gasteiger partial charge < -0.3 is 24.0 Å². The predicted molar refractivity (Wildman–Crippen MR) is 150 cm³/mol. The first kappa shape index (κ1) is 25.2. The van der Waals surface area contributed by atoms with Gasteiger partial charge in [-0.1, -0.05) is 24.3 Å². The topological polar surface area (TPSA) is 62.6 Å². The SMILES string of the molecule is C[C@@H]1Cn2cnc(F)c2CN1c1nc(OC[C@@H]2CCCN2C)nc2c1CCN(c1cccc3cccc(F)c13)C2. The number of fused-ring (bicyclic) bond motifs is 3. The average molecular weight is 546 g/mol. The summed E-state index contributed by atoms with van der Waals surface area (Å²) < 4.78 is 37.7. The van der Waals surface area contributed by atoms with E-state index in [4.69, 9.17) is 14.7 Å². The minimum absolute atomic E-state index is 0.0825. The molecule has 0 amide bonds. The Hall–Kier alpha value is -3.79. The molecule has 0 bridgehead atoms. The molecule has 0 radical (unpaired) electrons. The maximum absolute atomic E-state index is 15.0. The number of nitrogens with zero attached hydrogens (tertiary/aromatic N) is 7. The molecule has 7 rings (SSSR count). The van der Waals surface area contributed by atoms with Gasteiger partial charge in [-0.25, -0.2) is 9.37 Å². The van der Waals surface area contributed by atoms with Gasteiger partial charge >= 0.3 is 6.01 Å². The van der Waals surface area contributed by atoms with E-state index in [2.05, 4.69) is 33.7 Å². The highest BCUT2D eigenvalue weighted by Crippen LogP contribution is 2.37. The van der Waals surface area contributed by atoms with E-state index in [1.807, 2.05) is 28.8 Å². The molecule has 2 atom stereocenters. The van der Waals surface area contributed by atoms with Gasteiger partial charge in [-0.05, 0) is 57.3 Å². The zero-order valence-corrected chi connectivity index (χ0v) is 22.9. The second kappa shape index (κ2) is 9.99. The summed E-state index contributed by atoms with van der Waals surface area (Å²) in [6.45, 7) is 5.90. The van der Waals surface area contributed by atoms with Crippen LogP contribution in [0.25, 0.3) is 10.8 Å². The molecule has 2 aromatic carbocycles. The Balaban J connectivity index is 1.26. The third kappa shape index (κ3) is 4.34. The van der Waals surface area contributed by atoms with Crippen LogP contribution in [0.1, 0.15) is 36.7 Å². The standard InChI is InChI=1S/C30H33F2N7O/c1-19-14-38-18-33-28(32)26(38)16-39(19)29-22-11-13-37(25-10-4-7-20-6-3-9-23(31)27(20)25)15-24(22)34-30(35-29)40-17-21-8-5-12-36(21)2/h3-4,6-7,9-10,18-19,21H,5,8,11-17H2,1-2H3/t19-,21+/m1/s1. The molecule has 2 aromatic heterocycles. The molecule has 208 valence electrons. The molecule has 3 aliphatic rings. The Morgan fingerprint density at radius 3 is 2.73 bits per heavy atom. The lowest BCUT2D eigenvalue weighted by Crippen LogP contribution is -2.43. The van der Waals surface area contributed by atoms with Crippen LogP contribution in [0.15, 0.2) is 42.7 Å². The van der Waals surface area contributed by atoms with Crippen LogP contribution in [0.2, 0.25) is 0 Å². The van der Waals surface area contributed by atoms with Gasteiger partial charge in [-0.3, -0.25) is 0 Å². The summed E-state index contributed by atoms with van der Waals surface area (Å²) in [6, 6.07) is 11.8. The molecular weight excluding hydrogens is 512 g/mol. The first-order valence-electron chi connectivity index (χ1n) is 14.1. The number of ether oxygens (including phenoxy) is 1. The summed E-state index contributed by atoms with van der Waals surface area (Å²) in [5.41, 5.74) is 3.33. The number of hydrogen-bond donors (Lipinski definition) is 0. The second-order valence-corrected chi connectivity index (χ2v) is 11.2. The molecule has 8 nitrogen and oxygen atoms in total. The van der Waals surface area contributed by atoms with Crippen LogP contribution in [-0.4, -0.2) is 63.2 Å². The third-order valence-corrected chi connectivity index (χ3v) is 8.75. The number of imidazole rings is 1. The van der Waals surface area contributed by atoms with Gasteiger partial charge in [0, 0.05) is 41.8 Å². The highest BCUT2D eigenvalue weighted by Gasteiger charge is 2.33. The van der Waals surface area contributed by atoms with Crippen molar-refractivity contribution in [2.45, 2.75) is 57.9 Å². The van der Waals surface area contributed by atoms with Crippen molar-refractivity contribution in [1.82, 2.24) is 24.4 Å². The fraction of sp³-hybridized carbons (Fsp3) is 0.433. The highest BCUT2D eigenvalue weighted by molar-refractivity contribution is 5.95. The molecule has 0 spiro atoms. The van der Waals surface area contributed by atoms with Gasteiger partial charge in [0.15, 0.2) is 0 Å². The molecule has 10 heteroatoms. The van der Waals surface area contributed by atoms with Crippen molar-refractivity contribution < 1.29 is 13.5 Å². The van der Waals surface area contributed by atoms with Gasteiger partial charge in [-0.2, -0.15) is 14.4 Å². The van der Waals surface area contributed by atoms with E-state index < -0.39 is 5.95 Å². The molecule has 1 saturated heterocycles. The first-order valence-corrected chi connectivity index (χ1v) is 14.1. The summed E-state index contributed by atoms with van der Waals surface area (Å²) in [5.74, 6) is 0.125. The molecule has 5 heterocycles. The summed E-state index contributed by atoms with van der Waals surface area (Å²) in [7, 11) is 2.12. The zero-order chi connectivity index (χ0) is 27.4. The summed E-state index contributed by atoms with van der Waals surface area (Å²) in [4.78, 5) is 20.4. The van der Waals surface area contributed by atoms with E-state index >= 15 is 0 Å². The lowest BCUT2D eigenvalue weighted by Gasteiger charge is -2.38. The minimum Gasteiger partial charge on any atom is -0.462 e. The van der Waals surface area contributed by atoms with Gasteiger partial charge in [-0.15, -0.1) is 0 Å². The smallest absolute Gasteiger partial charge is 0.318 e. The number of halogens is 2. The average Bonchev–Trinajstić information content (AvgIpc) is 3.54. The number of aromatic nitrogens is 4. The fourth-order valence-electron chi connectivity index (χ4n) is 6.48. The van der Waals surface area contributed by atoms with Crippen molar-refractivity contribution in [2.75, 3.05) is 36.5 Å². The normalized spacial score (nSPS) is 21.1. The number of likely N-dealkylation sites (tertiary alicyclic amines) is 1. The number of likely N-dealkylation sites (N-methyl/N-ethyl adjacent to an activating group) is 1. The van der Waals surface area contributed by atoms with Crippen LogP contribution >= 0.6 is 0 Å². The van der Waals surface area contributed by atoms with Crippen LogP contribution in [-0.2, 0) is 26.1 Å². The summed E-state index contributed by atoms with van der Waals surface area (Å²) in [6.07, 6.45) is 4.50. The van der Waals surface area contributed by atoms with Crippen molar-refractivity contribution >= 4 is 22.3 Å². The van der Waals surface area contributed by atoms with Crippen LogP contribution in [0.3, 0.4) is 0 Å². The third-order valence-electron chi connectivity index (χ3n) is 8.75. The Kier molecular flexibility index (Phi) is 6.30. The lowest BCUT2D eigenvalue weighted by atomic mass is 10.0. The summed E-state index contributed by atoms with van der Waals surface area (Å²) in [5, 5.41) is 1.49. The molecular formula is C30H33F2N7O. The molecule has 0 saturated carbocycles. The molecule has 1 fully saturated rings. The molecule has 0 aliphatic carbocycles. The molecule has 3 aliphatic heterocycles. The number of anilines is 2. The highest BCUT2D eigenvalue weighted by atomic mass is 19.1. The number of benzene rings is 2. The zero-order valence-electron chi connectivity index (χ0n) is 22.9. The van der Waals surface area contributed by atoms with Crippen LogP contribution in [0.4, 0.5) is 20.3 Å². The Labute approximate surface area is 232 Å². The van der Waals surface area contributed by atoms with Crippen molar-refractivity contribution in [3.05, 3.63) is 71.4 Å². The van der Waals surface area contributed by atoms with Crippen molar-refractivity contribution in [3.8, 4) is 6.01 Å². The van der Waals surface area contributed by atoms with Crippen LogP contribution in [0, 0.1) is 11.8 Å². The Morgan fingerprint density at radius 2 is 1.90 bits per heavy atom. The molecule has 4 aromatic rings. The monoisotopic (exact) mass is 545 g/mol. The maximum atomic E-state index is 15.0. The second-order valence-electron chi connectivity index (χ2n) is 11.2. The summed E-state index contributed by atoms with van der Waals surface area (Å²) >= 11 is 0. The number of rotatable bonds is 5. The van der Waals surface area contributed by atoms with Gasteiger partial charge in [0.2, 0.25) is 5.95 Å². The van der Waals surface area contributed by atoms with E-state index in [1.54, 1.807) is 12.4 Å². The molecule has 0 unspecified atom stereocenters. The van der Waals surface area contributed by atoms with Crippen molar-refractivity contribution in [3.63, 3.8) is 0 Å². The van der Waals surface area contributed by atoms with Crippen LogP contribution in [0.5, 0.6) is 6.01 Å². The first-order chi connectivity index (χ1) is 19.5. The number of hydrogen-bond acceptors (Lipinski definition) is 7. The largest absolute Gasteiger partial charge is 0.462 e. The lowest BCUT2D eigenvalue weighted by molar-refractivity contribution is 0.187. The van der Waals surface area contributed by atoms with Gasteiger partial charge in [0.05, 0.1) is 30.8 Å². The van der Waals surface area contributed by atoms with Crippen molar-refractivity contribution in [2.24, 2.45) is 0 Å². The molecule has 0 N–H and O–H groups in total. The van der Waals surface area contributed by atoms with Crippen molar-refractivity contribution in [1.29, 1.82) is 0 Å². The van der Waals surface area contributed by atoms with E-state index in [0.717, 1.165) is 47.5 Å². The van der Waals surface area contributed by atoms with E-state index in [0.29, 0.717) is 62.3 Å². The Morgan fingerprint density at radius 1 is 1.05 bits per heavy atom. The quantitative estimate of drug-likeness (QED) is 0.365. The minimum atomic E-state index is -0.440. The van der Waals surface area contributed by atoms with Gasteiger partial charge in [0.1, 0.15) is 18.2 Å². The predicted octanol–water partition coefficient (Wildman–Crippen LogP) is 4.55. The van der Waals surface area contributed by atoms with Gasteiger partial charge in [0.25, 0.3) is 0 Å². The van der Waals surface area contributed by atoms with E-state index in [1.165, 1.54) is 6.07 Å². The van der Waals surface area contributed by atoms with E-state index in [-0.39, 0.29) is 11.9 Å². The van der Waals surface area contributed by atoms with Crippen LogP contribution < -0.4 is 14.5 Å².